The third-order valence-corrected chi connectivity index (χ3v) is 3.48. The summed E-state index contributed by atoms with van der Waals surface area (Å²) in [6, 6.07) is 9.25. The minimum Gasteiger partial charge on any atom is -0.481 e. The molecule has 18 heavy (non-hydrogen) atoms. The van der Waals surface area contributed by atoms with Crippen LogP contribution >= 0.6 is 0 Å². The quantitative estimate of drug-likeness (QED) is 0.821. The standard InChI is InChI=1S/C13H15N3O2/c1-16(11-4-2-10(7-14)3-5-11)13(6-12(17)18)8-15-9-13/h2-5,15H,6,8-9H2,1H3,(H,17,18). The minimum absolute atomic E-state index is 0.108. The zero-order valence-corrected chi connectivity index (χ0v) is 10.2. The van der Waals surface area contributed by atoms with Crippen LogP contribution in [0.25, 0.3) is 0 Å². The van der Waals surface area contributed by atoms with Crippen LogP contribution in [-0.2, 0) is 4.79 Å². The summed E-state index contributed by atoms with van der Waals surface area (Å²) in [6.45, 7) is 1.33. The van der Waals surface area contributed by atoms with Crippen LogP contribution in [0.1, 0.15) is 12.0 Å². The summed E-state index contributed by atoms with van der Waals surface area (Å²) in [5.74, 6) is -0.794. The monoisotopic (exact) mass is 245 g/mol. The van der Waals surface area contributed by atoms with Gasteiger partial charge in [-0.2, -0.15) is 5.26 Å². The summed E-state index contributed by atoms with van der Waals surface area (Å²) < 4.78 is 0. The van der Waals surface area contributed by atoms with Crippen LogP contribution in [0.3, 0.4) is 0 Å². The molecule has 1 aliphatic heterocycles. The Morgan fingerprint density at radius 3 is 2.50 bits per heavy atom. The van der Waals surface area contributed by atoms with Gasteiger partial charge in [-0.25, -0.2) is 0 Å². The number of carboxylic acids is 1. The van der Waals surface area contributed by atoms with Gasteiger partial charge in [0.25, 0.3) is 0 Å². The number of likely N-dealkylation sites (N-methyl/N-ethyl adjacent to an activating group) is 1. The molecule has 5 heteroatoms. The molecule has 0 atom stereocenters. The molecule has 5 nitrogen and oxygen atoms in total. The van der Waals surface area contributed by atoms with E-state index in [1.807, 2.05) is 24.1 Å². The van der Waals surface area contributed by atoms with Crippen molar-refractivity contribution in [1.29, 1.82) is 5.26 Å². The molecule has 94 valence electrons. The summed E-state index contributed by atoms with van der Waals surface area (Å²) in [5.41, 5.74) is 1.17. The third-order valence-electron chi connectivity index (χ3n) is 3.48. The lowest BCUT2D eigenvalue weighted by Gasteiger charge is -2.49. The molecular formula is C13H15N3O2. The maximum atomic E-state index is 10.9. The van der Waals surface area contributed by atoms with Gasteiger partial charge in [-0.3, -0.25) is 4.79 Å². The van der Waals surface area contributed by atoms with Crippen molar-refractivity contribution in [1.82, 2.24) is 5.32 Å². The second-order valence-corrected chi connectivity index (χ2v) is 4.62. The van der Waals surface area contributed by atoms with E-state index < -0.39 is 5.97 Å². The molecule has 0 spiro atoms. The molecule has 0 amide bonds. The van der Waals surface area contributed by atoms with Gasteiger partial charge in [0.2, 0.25) is 0 Å². The molecule has 2 rings (SSSR count). The first kappa shape index (κ1) is 12.4. The van der Waals surface area contributed by atoms with Gasteiger partial charge < -0.3 is 15.3 Å². The van der Waals surface area contributed by atoms with Gasteiger partial charge in [-0.15, -0.1) is 0 Å². The molecule has 1 saturated heterocycles. The van der Waals surface area contributed by atoms with Crippen molar-refractivity contribution in [3.05, 3.63) is 29.8 Å². The van der Waals surface area contributed by atoms with E-state index in [2.05, 4.69) is 11.4 Å². The van der Waals surface area contributed by atoms with Gasteiger partial charge in [0, 0.05) is 25.8 Å². The highest BCUT2D eigenvalue weighted by atomic mass is 16.4. The van der Waals surface area contributed by atoms with E-state index in [1.165, 1.54) is 0 Å². The van der Waals surface area contributed by atoms with E-state index >= 15 is 0 Å². The van der Waals surface area contributed by atoms with Crippen molar-refractivity contribution in [3.63, 3.8) is 0 Å². The zero-order valence-electron chi connectivity index (χ0n) is 10.2. The summed E-state index contributed by atoms with van der Waals surface area (Å²) in [4.78, 5) is 12.9. The third kappa shape index (κ3) is 2.15. The number of hydrogen-bond acceptors (Lipinski definition) is 4. The summed E-state index contributed by atoms with van der Waals surface area (Å²) in [6.07, 6.45) is 0.108. The van der Waals surface area contributed by atoms with E-state index in [4.69, 9.17) is 10.4 Å². The molecule has 1 aromatic carbocycles. The number of benzene rings is 1. The van der Waals surface area contributed by atoms with Gasteiger partial charge >= 0.3 is 5.97 Å². The van der Waals surface area contributed by atoms with Crippen molar-refractivity contribution in [2.75, 3.05) is 25.0 Å². The average molecular weight is 245 g/mol. The molecule has 2 N–H and O–H groups in total. The second kappa shape index (κ2) is 4.67. The number of hydrogen-bond donors (Lipinski definition) is 2. The Balaban J connectivity index is 2.20. The topological polar surface area (TPSA) is 76.4 Å². The van der Waals surface area contributed by atoms with E-state index in [1.54, 1.807) is 12.1 Å². The van der Waals surface area contributed by atoms with Gasteiger partial charge in [0.05, 0.1) is 23.6 Å². The summed E-state index contributed by atoms with van der Waals surface area (Å²) in [5, 5.41) is 20.9. The normalized spacial score (nSPS) is 16.4. The van der Waals surface area contributed by atoms with E-state index in [0.717, 1.165) is 5.69 Å². The van der Waals surface area contributed by atoms with Crippen LogP contribution in [0.5, 0.6) is 0 Å². The molecule has 0 radical (unpaired) electrons. The predicted octanol–water partition coefficient (Wildman–Crippen LogP) is 0.811. The van der Waals surface area contributed by atoms with Crippen molar-refractivity contribution in [2.45, 2.75) is 12.0 Å². The first-order chi connectivity index (χ1) is 8.57. The minimum atomic E-state index is -0.794. The zero-order chi connectivity index (χ0) is 13.2. The Hall–Kier alpha value is -2.06. The number of rotatable bonds is 4. The number of carboxylic acid groups (broad SMARTS) is 1. The molecule has 1 heterocycles. The Labute approximate surface area is 106 Å². The average Bonchev–Trinajstić information content (AvgIpc) is 2.33. The highest BCUT2D eigenvalue weighted by Gasteiger charge is 2.42. The predicted molar refractivity (Wildman–Crippen MR) is 67.4 cm³/mol. The van der Waals surface area contributed by atoms with Gasteiger partial charge in [-0.05, 0) is 24.3 Å². The highest BCUT2D eigenvalue weighted by molar-refractivity contribution is 5.70. The maximum absolute atomic E-state index is 10.9. The van der Waals surface area contributed by atoms with Gasteiger partial charge in [-0.1, -0.05) is 0 Å². The molecule has 1 aromatic rings. The molecule has 0 unspecified atom stereocenters. The van der Waals surface area contributed by atoms with Crippen LogP contribution in [-0.4, -0.2) is 36.8 Å². The number of nitrogens with one attached hydrogen (secondary N) is 1. The second-order valence-electron chi connectivity index (χ2n) is 4.62. The van der Waals surface area contributed by atoms with E-state index in [0.29, 0.717) is 18.7 Å². The van der Waals surface area contributed by atoms with Crippen molar-refractivity contribution in [3.8, 4) is 6.07 Å². The first-order valence-electron chi connectivity index (χ1n) is 5.74. The Morgan fingerprint density at radius 1 is 1.50 bits per heavy atom. The molecule has 0 bridgehead atoms. The number of anilines is 1. The van der Waals surface area contributed by atoms with Crippen LogP contribution in [0, 0.1) is 11.3 Å². The lowest BCUT2D eigenvalue weighted by atomic mass is 9.86. The fourth-order valence-corrected chi connectivity index (χ4v) is 2.21. The molecule has 0 aliphatic carbocycles. The van der Waals surface area contributed by atoms with Crippen LogP contribution in [0.2, 0.25) is 0 Å². The smallest absolute Gasteiger partial charge is 0.305 e. The SMILES string of the molecule is CN(c1ccc(C#N)cc1)C1(CC(=O)O)CNC1. The molecular weight excluding hydrogens is 230 g/mol. The fraction of sp³-hybridized carbons (Fsp3) is 0.385. The number of aliphatic carboxylic acids is 1. The van der Waals surface area contributed by atoms with Crippen molar-refractivity contribution in [2.24, 2.45) is 0 Å². The lowest BCUT2D eigenvalue weighted by molar-refractivity contribution is -0.138. The highest BCUT2D eigenvalue weighted by Crippen LogP contribution is 2.29. The Morgan fingerprint density at radius 2 is 2.11 bits per heavy atom. The molecule has 1 aliphatic rings. The van der Waals surface area contributed by atoms with Crippen LogP contribution in [0.15, 0.2) is 24.3 Å². The summed E-state index contributed by atoms with van der Waals surface area (Å²) >= 11 is 0. The summed E-state index contributed by atoms with van der Waals surface area (Å²) in [7, 11) is 1.89. The van der Waals surface area contributed by atoms with Gasteiger partial charge in [0.15, 0.2) is 0 Å². The maximum Gasteiger partial charge on any atom is 0.305 e. The van der Waals surface area contributed by atoms with Crippen LogP contribution < -0.4 is 10.2 Å². The lowest BCUT2D eigenvalue weighted by Crippen LogP contribution is -2.69. The number of carbonyl (C=O) groups is 1. The Bertz CT molecular complexity index is 486. The number of nitriles is 1. The van der Waals surface area contributed by atoms with E-state index in [-0.39, 0.29) is 12.0 Å². The molecule has 1 fully saturated rings. The van der Waals surface area contributed by atoms with E-state index in [9.17, 15) is 4.79 Å². The number of nitrogens with zero attached hydrogens (tertiary/aromatic N) is 2. The van der Waals surface area contributed by atoms with Crippen LogP contribution in [0.4, 0.5) is 5.69 Å². The van der Waals surface area contributed by atoms with Crippen molar-refractivity contribution >= 4 is 11.7 Å². The fourth-order valence-electron chi connectivity index (χ4n) is 2.21. The van der Waals surface area contributed by atoms with Gasteiger partial charge in [0.1, 0.15) is 0 Å². The largest absolute Gasteiger partial charge is 0.481 e. The van der Waals surface area contributed by atoms with Crippen molar-refractivity contribution < 1.29 is 9.90 Å². The molecule has 0 saturated carbocycles. The molecule has 0 aromatic heterocycles. The first-order valence-corrected chi connectivity index (χ1v) is 5.74. The Kier molecular flexibility index (Phi) is 3.21.